The summed E-state index contributed by atoms with van der Waals surface area (Å²) in [5.41, 5.74) is 2.28. The lowest BCUT2D eigenvalue weighted by Gasteiger charge is -2.28. The smallest absolute Gasteiger partial charge is 0.253 e. The molecular formula is C29H35N3O3. The molecular weight excluding hydrogens is 438 g/mol. The van der Waals surface area contributed by atoms with Crippen molar-refractivity contribution < 1.29 is 14.7 Å². The first-order valence-electron chi connectivity index (χ1n) is 12.6. The van der Waals surface area contributed by atoms with E-state index >= 15 is 0 Å². The molecule has 2 amide bonds. The molecule has 1 saturated carbocycles. The molecule has 0 saturated heterocycles. The number of benzene rings is 2. The molecule has 3 N–H and O–H groups in total. The molecule has 1 aliphatic carbocycles. The Morgan fingerprint density at radius 3 is 2.46 bits per heavy atom. The summed E-state index contributed by atoms with van der Waals surface area (Å²) in [6, 6.07) is 19.0. The van der Waals surface area contributed by atoms with Gasteiger partial charge in [0, 0.05) is 23.5 Å². The van der Waals surface area contributed by atoms with Crippen LogP contribution >= 0.6 is 0 Å². The number of nitrogens with one attached hydrogen (secondary N) is 2. The van der Waals surface area contributed by atoms with E-state index in [4.69, 9.17) is 0 Å². The van der Waals surface area contributed by atoms with E-state index in [0.29, 0.717) is 30.7 Å². The van der Waals surface area contributed by atoms with E-state index in [0.717, 1.165) is 29.3 Å². The molecule has 0 radical (unpaired) electrons. The van der Waals surface area contributed by atoms with Gasteiger partial charge in [-0.1, -0.05) is 62.4 Å². The average Bonchev–Trinajstić information content (AvgIpc) is 3.67. The van der Waals surface area contributed by atoms with Gasteiger partial charge in [-0.3, -0.25) is 14.6 Å². The first-order valence-corrected chi connectivity index (χ1v) is 12.6. The minimum Gasteiger partial charge on any atom is -0.391 e. The van der Waals surface area contributed by atoms with E-state index < -0.39 is 12.1 Å². The van der Waals surface area contributed by atoms with Gasteiger partial charge in [-0.25, -0.2) is 0 Å². The summed E-state index contributed by atoms with van der Waals surface area (Å²) in [7, 11) is 0. The second kappa shape index (κ2) is 11.5. The zero-order chi connectivity index (χ0) is 24.8. The number of fused-ring (bicyclic) bond motifs is 1. The summed E-state index contributed by atoms with van der Waals surface area (Å²) < 4.78 is 0. The molecule has 35 heavy (non-hydrogen) atoms. The fourth-order valence-electron chi connectivity index (χ4n) is 4.48. The largest absolute Gasteiger partial charge is 0.391 e. The van der Waals surface area contributed by atoms with Gasteiger partial charge >= 0.3 is 0 Å². The molecule has 0 unspecified atom stereocenters. The molecule has 184 valence electrons. The maximum Gasteiger partial charge on any atom is 0.253 e. The second-order valence-corrected chi connectivity index (χ2v) is 10.1. The lowest BCUT2D eigenvalue weighted by atomic mass is 9.87. The summed E-state index contributed by atoms with van der Waals surface area (Å²) in [4.78, 5) is 30.5. The van der Waals surface area contributed by atoms with Crippen LogP contribution in [-0.4, -0.2) is 40.1 Å². The van der Waals surface area contributed by atoms with Crippen molar-refractivity contribution in [3.8, 4) is 0 Å². The Labute approximate surface area is 207 Å². The van der Waals surface area contributed by atoms with E-state index in [-0.39, 0.29) is 23.8 Å². The summed E-state index contributed by atoms with van der Waals surface area (Å²) >= 11 is 0. The first kappa shape index (κ1) is 24.9. The maximum atomic E-state index is 13.2. The van der Waals surface area contributed by atoms with Gasteiger partial charge in [0.05, 0.1) is 23.2 Å². The van der Waals surface area contributed by atoms with Gasteiger partial charge < -0.3 is 15.7 Å². The van der Waals surface area contributed by atoms with Crippen LogP contribution in [0.1, 0.15) is 55.5 Å². The normalized spacial score (nSPS) is 16.0. The number of para-hydroxylation sites is 1. The lowest BCUT2D eigenvalue weighted by Crippen LogP contribution is -2.47. The highest BCUT2D eigenvalue weighted by Gasteiger charge is 2.32. The quantitative estimate of drug-likeness (QED) is 0.388. The molecule has 4 rings (SSSR count). The van der Waals surface area contributed by atoms with E-state index in [1.165, 1.54) is 0 Å². The van der Waals surface area contributed by atoms with E-state index in [1.807, 2.05) is 60.7 Å². The highest BCUT2D eigenvalue weighted by Crippen LogP contribution is 2.24. The number of hydrogen-bond acceptors (Lipinski definition) is 4. The van der Waals surface area contributed by atoms with Gasteiger partial charge in [0.25, 0.3) is 5.91 Å². The molecule has 1 heterocycles. The van der Waals surface area contributed by atoms with Gasteiger partial charge in [0.1, 0.15) is 0 Å². The van der Waals surface area contributed by atoms with E-state index in [2.05, 4.69) is 29.5 Å². The Balaban J connectivity index is 1.52. The topological polar surface area (TPSA) is 91.3 Å². The molecule has 1 aliphatic rings. The fraction of sp³-hybridized carbons (Fsp3) is 0.414. The van der Waals surface area contributed by atoms with Crippen LogP contribution in [0.2, 0.25) is 0 Å². The SMILES string of the molecule is CC(C)C[C@H](C[C@H](O)[C@H](Cc1ccccc1)NC(=O)c1cnc2ccccc2c1)C(=O)NC1CC1. The monoisotopic (exact) mass is 473 g/mol. The Hall–Kier alpha value is -3.25. The van der Waals surface area contributed by atoms with Crippen LogP contribution in [0.4, 0.5) is 0 Å². The molecule has 2 aromatic carbocycles. The van der Waals surface area contributed by atoms with Gasteiger partial charge in [-0.2, -0.15) is 0 Å². The van der Waals surface area contributed by atoms with Gasteiger partial charge in [-0.15, -0.1) is 0 Å². The maximum absolute atomic E-state index is 13.2. The van der Waals surface area contributed by atoms with Crippen LogP contribution in [0, 0.1) is 11.8 Å². The minimum absolute atomic E-state index is 0.00349. The van der Waals surface area contributed by atoms with Crippen LogP contribution in [0.25, 0.3) is 10.9 Å². The molecule has 3 aromatic rings. The highest BCUT2D eigenvalue weighted by molar-refractivity contribution is 5.97. The van der Waals surface area contributed by atoms with Crippen molar-refractivity contribution in [1.29, 1.82) is 0 Å². The van der Waals surface area contributed by atoms with Crippen molar-refractivity contribution in [3.63, 3.8) is 0 Å². The molecule has 1 aromatic heterocycles. The Bertz CT molecular complexity index is 1140. The summed E-state index contributed by atoms with van der Waals surface area (Å²) in [6.07, 6.45) is 4.19. The van der Waals surface area contributed by atoms with Gasteiger partial charge in [-0.05, 0) is 55.7 Å². The number of carbonyl (C=O) groups is 2. The van der Waals surface area contributed by atoms with Crippen molar-refractivity contribution in [2.24, 2.45) is 11.8 Å². The molecule has 0 bridgehead atoms. The standard InChI is InChI=1S/C29H35N3O3/c1-19(2)14-22(28(34)31-24-12-13-24)17-27(33)26(15-20-8-4-3-5-9-20)32-29(35)23-16-21-10-6-7-11-25(21)30-18-23/h3-11,16,18-19,22,24,26-27,33H,12-15,17H2,1-2H3,(H,31,34)(H,32,35)/t22-,26+,27+/m1/s1. The summed E-state index contributed by atoms with van der Waals surface area (Å²) in [6.45, 7) is 4.17. The number of pyridine rings is 1. The Morgan fingerprint density at radius 2 is 1.74 bits per heavy atom. The average molecular weight is 474 g/mol. The van der Waals surface area contributed by atoms with Crippen molar-refractivity contribution in [2.75, 3.05) is 0 Å². The third-order valence-corrected chi connectivity index (χ3v) is 6.51. The minimum atomic E-state index is -0.874. The number of aliphatic hydroxyl groups excluding tert-OH is 1. The van der Waals surface area contributed by atoms with Gasteiger partial charge in [0.2, 0.25) is 5.91 Å². The van der Waals surface area contributed by atoms with Crippen LogP contribution in [0.3, 0.4) is 0 Å². The first-order chi connectivity index (χ1) is 16.9. The zero-order valence-corrected chi connectivity index (χ0v) is 20.5. The van der Waals surface area contributed by atoms with Crippen molar-refractivity contribution in [3.05, 3.63) is 78.0 Å². The Kier molecular flexibility index (Phi) is 8.13. The predicted octanol–water partition coefficient (Wildman–Crippen LogP) is 4.27. The molecule has 0 spiro atoms. The molecule has 0 aliphatic heterocycles. The highest BCUT2D eigenvalue weighted by atomic mass is 16.3. The molecule has 3 atom stereocenters. The number of aromatic nitrogens is 1. The third-order valence-electron chi connectivity index (χ3n) is 6.51. The van der Waals surface area contributed by atoms with Crippen molar-refractivity contribution in [2.45, 2.75) is 64.1 Å². The van der Waals surface area contributed by atoms with E-state index in [1.54, 1.807) is 6.20 Å². The number of rotatable bonds is 11. The van der Waals surface area contributed by atoms with Crippen molar-refractivity contribution >= 4 is 22.7 Å². The number of nitrogens with zero attached hydrogens (tertiary/aromatic N) is 1. The fourth-order valence-corrected chi connectivity index (χ4v) is 4.48. The summed E-state index contributed by atoms with van der Waals surface area (Å²) in [5.74, 6) is -0.263. The number of amides is 2. The van der Waals surface area contributed by atoms with Crippen LogP contribution < -0.4 is 10.6 Å². The zero-order valence-electron chi connectivity index (χ0n) is 20.5. The van der Waals surface area contributed by atoms with Crippen LogP contribution in [-0.2, 0) is 11.2 Å². The van der Waals surface area contributed by atoms with Gasteiger partial charge in [0.15, 0.2) is 0 Å². The second-order valence-electron chi connectivity index (χ2n) is 10.1. The Morgan fingerprint density at radius 1 is 1.03 bits per heavy atom. The number of carbonyl (C=O) groups excluding carboxylic acids is 2. The third kappa shape index (κ3) is 7.12. The summed E-state index contributed by atoms with van der Waals surface area (Å²) in [5, 5.41) is 18.3. The molecule has 1 fully saturated rings. The lowest BCUT2D eigenvalue weighted by molar-refractivity contribution is -0.126. The number of aliphatic hydroxyl groups is 1. The molecule has 6 heteroatoms. The van der Waals surface area contributed by atoms with Crippen molar-refractivity contribution in [1.82, 2.24) is 15.6 Å². The molecule has 6 nitrogen and oxygen atoms in total. The predicted molar refractivity (Wildman–Crippen MR) is 138 cm³/mol. The van der Waals surface area contributed by atoms with Crippen LogP contribution in [0.5, 0.6) is 0 Å². The van der Waals surface area contributed by atoms with E-state index in [9.17, 15) is 14.7 Å². The van der Waals surface area contributed by atoms with Crippen LogP contribution in [0.15, 0.2) is 66.9 Å². The number of hydrogen-bond donors (Lipinski definition) is 3.